The van der Waals surface area contributed by atoms with Gasteiger partial charge in [-0.05, 0) is 56.8 Å². The van der Waals surface area contributed by atoms with Crippen molar-refractivity contribution in [1.82, 2.24) is 0 Å². The predicted molar refractivity (Wildman–Crippen MR) is 94.0 cm³/mol. The van der Waals surface area contributed by atoms with E-state index in [0.29, 0.717) is 0 Å². The van der Waals surface area contributed by atoms with Crippen LogP contribution in [0.4, 0.5) is 0 Å². The summed E-state index contributed by atoms with van der Waals surface area (Å²) in [5.74, 6) is 0.894. The molecule has 1 aliphatic carbocycles. The summed E-state index contributed by atoms with van der Waals surface area (Å²) in [4.78, 5) is 10.4. The van der Waals surface area contributed by atoms with Crippen LogP contribution in [-0.4, -0.2) is 11.1 Å². The van der Waals surface area contributed by atoms with Crippen LogP contribution in [-0.2, 0) is 4.79 Å². The van der Waals surface area contributed by atoms with E-state index >= 15 is 0 Å². The lowest BCUT2D eigenvalue weighted by Gasteiger charge is -2.14. The standard InChI is InChI=1S/C20H34O2/c1-2-3-4-5-6-9-13-18-15-12-16-19(18)14-10-7-8-11-17-20(21)22/h7,9-10,13,18-19H,2-6,8,11-12,14-17H2,1H3,(H,21,22)/b10-7-,13-9+/t18-,19-/m0/s1. The quantitative estimate of drug-likeness (QED) is 0.348. The van der Waals surface area contributed by atoms with Crippen LogP contribution in [0.5, 0.6) is 0 Å². The van der Waals surface area contributed by atoms with Gasteiger partial charge in [0.05, 0.1) is 0 Å². The Labute approximate surface area is 136 Å². The molecule has 2 atom stereocenters. The summed E-state index contributed by atoms with van der Waals surface area (Å²) in [5, 5.41) is 8.60. The van der Waals surface area contributed by atoms with Crippen LogP contribution in [0.2, 0.25) is 0 Å². The molecule has 0 aliphatic heterocycles. The van der Waals surface area contributed by atoms with E-state index in [1.54, 1.807) is 0 Å². The molecule has 126 valence electrons. The van der Waals surface area contributed by atoms with Crippen LogP contribution in [0, 0.1) is 11.8 Å². The Morgan fingerprint density at radius 2 is 1.86 bits per heavy atom. The minimum absolute atomic E-state index is 0.289. The summed E-state index contributed by atoms with van der Waals surface area (Å²) in [6.07, 6.45) is 23.1. The molecule has 0 amide bonds. The first kappa shape index (κ1) is 19.0. The van der Waals surface area contributed by atoms with Crippen molar-refractivity contribution in [2.24, 2.45) is 11.8 Å². The smallest absolute Gasteiger partial charge is 0.303 e. The Balaban J connectivity index is 2.15. The lowest BCUT2D eigenvalue weighted by atomic mass is 9.92. The molecule has 0 spiro atoms. The van der Waals surface area contributed by atoms with Gasteiger partial charge in [0, 0.05) is 6.42 Å². The highest BCUT2D eigenvalue weighted by atomic mass is 16.4. The first-order valence-electron chi connectivity index (χ1n) is 9.27. The molecular weight excluding hydrogens is 272 g/mol. The number of rotatable bonds is 12. The lowest BCUT2D eigenvalue weighted by Crippen LogP contribution is -2.03. The summed E-state index contributed by atoms with van der Waals surface area (Å²) >= 11 is 0. The summed E-state index contributed by atoms with van der Waals surface area (Å²) < 4.78 is 0. The average molecular weight is 306 g/mol. The van der Waals surface area contributed by atoms with Gasteiger partial charge >= 0.3 is 5.97 Å². The number of carboxylic acids is 1. The molecule has 2 heteroatoms. The van der Waals surface area contributed by atoms with E-state index < -0.39 is 5.97 Å². The van der Waals surface area contributed by atoms with Gasteiger partial charge in [0.15, 0.2) is 0 Å². The van der Waals surface area contributed by atoms with Crippen molar-refractivity contribution in [3.63, 3.8) is 0 Å². The van der Waals surface area contributed by atoms with Crippen LogP contribution in [0.15, 0.2) is 24.3 Å². The number of aliphatic carboxylic acids is 1. The van der Waals surface area contributed by atoms with Gasteiger partial charge < -0.3 is 5.11 Å². The van der Waals surface area contributed by atoms with Gasteiger partial charge in [0.25, 0.3) is 0 Å². The van der Waals surface area contributed by atoms with Crippen molar-refractivity contribution in [3.8, 4) is 0 Å². The Bertz CT molecular complexity index is 344. The highest BCUT2D eigenvalue weighted by molar-refractivity contribution is 5.66. The molecule has 0 aromatic rings. The van der Waals surface area contributed by atoms with Crippen molar-refractivity contribution >= 4 is 5.97 Å². The zero-order valence-corrected chi connectivity index (χ0v) is 14.3. The molecule has 1 rings (SSSR count). The number of hydrogen-bond acceptors (Lipinski definition) is 1. The second-order valence-corrected chi connectivity index (χ2v) is 6.63. The van der Waals surface area contributed by atoms with Crippen molar-refractivity contribution < 1.29 is 9.90 Å². The van der Waals surface area contributed by atoms with Gasteiger partial charge in [-0.1, -0.05) is 56.9 Å². The molecule has 1 aliphatic rings. The minimum Gasteiger partial charge on any atom is -0.481 e. The van der Waals surface area contributed by atoms with E-state index in [0.717, 1.165) is 31.1 Å². The number of allylic oxidation sites excluding steroid dienone is 4. The minimum atomic E-state index is -0.687. The van der Waals surface area contributed by atoms with Gasteiger partial charge in [0.1, 0.15) is 0 Å². The van der Waals surface area contributed by atoms with E-state index in [9.17, 15) is 4.79 Å². The fourth-order valence-electron chi connectivity index (χ4n) is 3.33. The number of hydrogen-bond donors (Lipinski definition) is 1. The number of unbranched alkanes of at least 4 members (excludes halogenated alkanes) is 5. The molecular formula is C20H34O2. The lowest BCUT2D eigenvalue weighted by molar-refractivity contribution is -0.137. The van der Waals surface area contributed by atoms with Gasteiger partial charge in [0.2, 0.25) is 0 Å². The summed E-state index contributed by atoms with van der Waals surface area (Å²) in [7, 11) is 0. The highest BCUT2D eigenvalue weighted by Gasteiger charge is 2.23. The average Bonchev–Trinajstić information content (AvgIpc) is 2.93. The predicted octanol–water partition coefficient (Wildman–Crippen LogP) is 6.13. The molecule has 0 aromatic carbocycles. The molecule has 0 bridgehead atoms. The molecule has 0 unspecified atom stereocenters. The van der Waals surface area contributed by atoms with Crippen molar-refractivity contribution in [3.05, 3.63) is 24.3 Å². The van der Waals surface area contributed by atoms with Crippen LogP contribution < -0.4 is 0 Å². The number of carbonyl (C=O) groups is 1. The molecule has 0 heterocycles. The number of carboxylic acid groups (broad SMARTS) is 1. The third kappa shape index (κ3) is 9.07. The largest absolute Gasteiger partial charge is 0.481 e. The molecule has 0 aromatic heterocycles. The van der Waals surface area contributed by atoms with Gasteiger partial charge in [-0.3, -0.25) is 4.79 Å². The third-order valence-corrected chi connectivity index (χ3v) is 4.69. The maximum atomic E-state index is 10.4. The topological polar surface area (TPSA) is 37.3 Å². The van der Waals surface area contributed by atoms with E-state index in [1.807, 2.05) is 0 Å². The first-order chi connectivity index (χ1) is 10.7. The highest BCUT2D eigenvalue weighted by Crippen LogP contribution is 2.35. The second kappa shape index (κ2) is 12.5. The van der Waals surface area contributed by atoms with E-state index in [4.69, 9.17) is 5.11 Å². The van der Waals surface area contributed by atoms with E-state index in [-0.39, 0.29) is 6.42 Å². The van der Waals surface area contributed by atoms with Crippen LogP contribution in [0.1, 0.15) is 84.0 Å². The van der Waals surface area contributed by atoms with Crippen LogP contribution in [0.3, 0.4) is 0 Å². The van der Waals surface area contributed by atoms with Gasteiger partial charge in [-0.15, -0.1) is 0 Å². The van der Waals surface area contributed by atoms with Crippen LogP contribution in [0.25, 0.3) is 0 Å². The molecule has 2 nitrogen and oxygen atoms in total. The molecule has 1 saturated carbocycles. The fraction of sp³-hybridized carbons (Fsp3) is 0.750. The molecule has 1 N–H and O–H groups in total. The van der Waals surface area contributed by atoms with E-state index in [1.165, 1.54) is 51.4 Å². The molecule has 0 saturated heterocycles. The fourth-order valence-corrected chi connectivity index (χ4v) is 3.33. The normalized spacial score (nSPS) is 22.0. The van der Waals surface area contributed by atoms with Crippen LogP contribution >= 0.6 is 0 Å². The third-order valence-electron chi connectivity index (χ3n) is 4.69. The molecule has 1 fully saturated rings. The van der Waals surface area contributed by atoms with Crippen molar-refractivity contribution in [2.45, 2.75) is 84.0 Å². The van der Waals surface area contributed by atoms with Crippen molar-refractivity contribution in [1.29, 1.82) is 0 Å². The zero-order valence-electron chi connectivity index (χ0n) is 14.3. The Kier molecular flexibility index (Phi) is 10.8. The summed E-state index contributed by atoms with van der Waals surface area (Å²) in [6, 6.07) is 0. The second-order valence-electron chi connectivity index (χ2n) is 6.63. The maximum absolute atomic E-state index is 10.4. The Morgan fingerprint density at radius 3 is 2.64 bits per heavy atom. The van der Waals surface area contributed by atoms with Gasteiger partial charge in [-0.2, -0.15) is 0 Å². The van der Waals surface area contributed by atoms with Crippen molar-refractivity contribution in [2.75, 3.05) is 0 Å². The Morgan fingerprint density at radius 1 is 1.05 bits per heavy atom. The molecule has 0 radical (unpaired) electrons. The first-order valence-corrected chi connectivity index (χ1v) is 9.27. The zero-order chi connectivity index (χ0) is 16.0. The molecule has 22 heavy (non-hydrogen) atoms. The van der Waals surface area contributed by atoms with E-state index in [2.05, 4.69) is 31.2 Å². The Hall–Kier alpha value is -1.05. The van der Waals surface area contributed by atoms with Gasteiger partial charge in [-0.25, -0.2) is 0 Å². The SMILES string of the molecule is CCCCCC/C=C/[C@H]1CCC[C@@H]1C/C=C\CCCC(=O)O. The maximum Gasteiger partial charge on any atom is 0.303 e. The monoisotopic (exact) mass is 306 g/mol. The summed E-state index contributed by atoms with van der Waals surface area (Å²) in [6.45, 7) is 2.26. The summed E-state index contributed by atoms with van der Waals surface area (Å²) in [5.41, 5.74) is 0.